The number of rotatable bonds is 4. The summed E-state index contributed by atoms with van der Waals surface area (Å²) < 4.78 is 0. The summed E-state index contributed by atoms with van der Waals surface area (Å²) in [5.74, 6) is 2.32. The summed E-state index contributed by atoms with van der Waals surface area (Å²) >= 11 is 0. The molecule has 2 fully saturated rings. The second kappa shape index (κ2) is 6.47. The summed E-state index contributed by atoms with van der Waals surface area (Å²) in [6.07, 6.45) is 5.61. The molecule has 24 heavy (non-hydrogen) atoms. The first-order chi connectivity index (χ1) is 11.8. The Kier molecular flexibility index (Phi) is 4.02. The summed E-state index contributed by atoms with van der Waals surface area (Å²) in [6, 6.07) is 9.93. The number of hydrogen-bond donors (Lipinski definition) is 1. The molecule has 0 radical (unpaired) electrons. The van der Waals surface area contributed by atoms with E-state index in [0.717, 1.165) is 56.3 Å². The molecule has 2 aromatic heterocycles. The van der Waals surface area contributed by atoms with Crippen LogP contribution in [0.2, 0.25) is 0 Å². The molecule has 124 valence electrons. The largest absolute Gasteiger partial charge is 0.353 e. The third kappa shape index (κ3) is 3.32. The van der Waals surface area contributed by atoms with Crippen LogP contribution in [-0.2, 0) is 4.79 Å². The lowest BCUT2D eigenvalue weighted by molar-refractivity contribution is -0.117. The average molecular weight is 323 g/mol. The van der Waals surface area contributed by atoms with Crippen LogP contribution in [0.5, 0.6) is 0 Å². The third-order valence-corrected chi connectivity index (χ3v) is 4.54. The normalized spacial score (nSPS) is 17.7. The first kappa shape index (κ1) is 14.9. The van der Waals surface area contributed by atoms with E-state index in [2.05, 4.69) is 25.1 Å². The first-order valence-corrected chi connectivity index (χ1v) is 8.47. The fraction of sp³-hybridized carbons (Fsp3) is 0.389. The van der Waals surface area contributed by atoms with Crippen LogP contribution in [0.1, 0.15) is 12.8 Å². The third-order valence-electron chi connectivity index (χ3n) is 4.54. The van der Waals surface area contributed by atoms with Gasteiger partial charge in [-0.05, 0) is 37.1 Å². The van der Waals surface area contributed by atoms with Crippen LogP contribution in [0.25, 0.3) is 0 Å². The van der Waals surface area contributed by atoms with Crippen molar-refractivity contribution in [1.82, 2.24) is 9.97 Å². The van der Waals surface area contributed by atoms with Crippen molar-refractivity contribution in [1.29, 1.82) is 0 Å². The molecule has 0 aromatic carbocycles. The van der Waals surface area contributed by atoms with E-state index in [1.807, 2.05) is 36.5 Å². The Labute approximate surface area is 141 Å². The average Bonchev–Trinajstić information content (AvgIpc) is 3.49. The Morgan fingerprint density at radius 2 is 1.67 bits per heavy atom. The molecular formula is C18H21N5O. The first-order valence-electron chi connectivity index (χ1n) is 8.47. The van der Waals surface area contributed by atoms with E-state index in [1.165, 1.54) is 0 Å². The van der Waals surface area contributed by atoms with Gasteiger partial charge in [0, 0.05) is 38.3 Å². The van der Waals surface area contributed by atoms with Gasteiger partial charge in [0.1, 0.15) is 11.6 Å². The SMILES string of the molecule is O=C(Nc1ccc(N2CCN(c3ccccn3)CC2)nc1)C1CC1. The quantitative estimate of drug-likeness (QED) is 0.934. The molecular weight excluding hydrogens is 302 g/mol. The van der Waals surface area contributed by atoms with Crippen molar-refractivity contribution in [2.24, 2.45) is 5.92 Å². The number of hydrogen-bond acceptors (Lipinski definition) is 5. The van der Waals surface area contributed by atoms with Gasteiger partial charge in [0.2, 0.25) is 5.91 Å². The monoisotopic (exact) mass is 323 g/mol. The zero-order chi connectivity index (χ0) is 16.4. The van der Waals surface area contributed by atoms with Crippen LogP contribution in [-0.4, -0.2) is 42.1 Å². The molecule has 0 bridgehead atoms. The summed E-state index contributed by atoms with van der Waals surface area (Å²) in [7, 11) is 0. The highest BCUT2D eigenvalue weighted by molar-refractivity contribution is 5.93. The minimum absolute atomic E-state index is 0.119. The summed E-state index contributed by atoms with van der Waals surface area (Å²) in [5, 5.41) is 2.93. The number of piperazine rings is 1. The van der Waals surface area contributed by atoms with Gasteiger partial charge < -0.3 is 15.1 Å². The molecule has 0 spiro atoms. The molecule has 3 heterocycles. The van der Waals surface area contributed by atoms with Gasteiger partial charge in [-0.2, -0.15) is 0 Å². The van der Waals surface area contributed by atoms with E-state index >= 15 is 0 Å². The van der Waals surface area contributed by atoms with Crippen molar-refractivity contribution >= 4 is 23.2 Å². The van der Waals surface area contributed by atoms with Crippen molar-refractivity contribution in [3.8, 4) is 0 Å². The van der Waals surface area contributed by atoms with Gasteiger partial charge >= 0.3 is 0 Å². The fourth-order valence-electron chi connectivity index (χ4n) is 2.94. The highest BCUT2D eigenvalue weighted by atomic mass is 16.2. The van der Waals surface area contributed by atoms with Crippen LogP contribution in [0.4, 0.5) is 17.3 Å². The molecule has 1 N–H and O–H groups in total. The molecule has 4 rings (SSSR count). The number of carbonyl (C=O) groups is 1. The van der Waals surface area contributed by atoms with Crippen molar-refractivity contribution in [2.45, 2.75) is 12.8 Å². The summed E-state index contributed by atoms with van der Waals surface area (Å²) in [6.45, 7) is 3.69. The summed E-state index contributed by atoms with van der Waals surface area (Å²) in [4.78, 5) is 25.3. The van der Waals surface area contributed by atoms with E-state index < -0.39 is 0 Å². The van der Waals surface area contributed by atoms with Crippen LogP contribution in [0, 0.1) is 5.92 Å². The standard InChI is InChI=1S/C18H21N5O/c24-18(14-4-5-14)21-15-6-7-17(20-13-15)23-11-9-22(10-12-23)16-3-1-2-8-19-16/h1-3,6-8,13-14H,4-5,9-12H2,(H,21,24). The predicted molar refractivity (Wildman–Crippen MR) is 94.3 cm³/mol. The van der Waals surface area contributed by atoms with Gasteiger partial charge in [0.25, 0.3) is 0 Å². The zero-order valence-electron chi connectivity index (χ0n) is 13.6. The second-order valence-electron chi connectivity index (χ2n) is 6.33. The maximum absolute atomic E-state index is 11.8. The van der Waals surface area contributed by atoms with Crippen LogP contribution < -0.4 is 15.1 Å². The highest BCUT2D eigenvalue weighted by Crippen LogP contribution is 2.30. The second-order valence-corrected chi connectivity index (χ2v) is 6.33. The number of nitrogens with zero attached hydrogens (tertiary/aromatic N) is 4. The highest BCUT2D eigenvalue weighted by Gasteiger charge is 2.29. The minimum Gasteiger partial charge on any atom is -0.353 e. The van der Waals surface area contributed by atoms with Crippen molar-refractivity contribution < 1.29 is 4.79 Å². The fourth-order valence-corrected chi connectivity index (χ4v) is 2.94. The van der Waals surface area contributed by atoms with Gasteiger partial charge in [-0.3, -0.25) is 4.79 Å². The van der Waals surface area contributed by atoms with E-state index in [4.69, 9.17) is 0 Å². The number of amides is 1. The number of aromatic nitrogens is 2. The molecule has 6 heteroatoms. The molecule has 2 aromatic rings. The maximum atomic E-state index is 11.8. The Morgan fingerprint density at radius 3 is 2.21 bits per heavy atom. The minimum atomic E-state index is 0.119. The van der Waals surface area contributed by atoms with Gasteiger partial charge in [-0.1, -0.05) is 6.07 Å². The molecule has 1 aliphatic heterocycles. The van der Waals surface area contributed by atoms with Crippen LogP contribution in [0.15, 0.2) is 42.7 Å². The molecule has 6 nitrogen and oxygen atoms in total. The van der Waals surface area contributed by atoms with E-state index in [-0.39, 0.29) is 11.8 Å². The Bertz CT molecular complexity index is 691. The van der Waals surface area contributed by atoms with E-state index in [0.29, 0.717) is 0 Å². The molecule has 0 unspecified atom stereocenters. The van der Waals surface area contributed by atoms with Gasteiger partial charge in [-0.25, -0.2) is 9.97 Å². The predicted octanol–water partition coefficient (Wildman–Crippen LogP) is 2.15. The Hall–Kier alpha value is -2.63. The number of pyridine rings is 2. The molecule has 1 amide bonds. The molecule has 0 atom stereocenters. The van der Waals surface area contributed by atoms with Crippen molar-refractivity contribution in [3.63, 3.8) is 0 Å². The zero-order valence-corrected chi connectivity index (χ0v) is 13.6. The summed E-state index contributed by atoms with van der Waals surface area (Å²) in [5.41, 5.74) is 0.780. The van der Waals surface area contributed by atoms with Gasteiger partial charge in [0.05, 0.1) is 11.9 Å². The molecule has 2 aliphatic rings. The number of carbonyl (C=O) groups excluding carboxylic acids is 1. The van der Waals surface area contributed by atoms with Crippen molar-refractivity contribution in [2.75, 3.05) is 41.3 Å². The maximum Gasteiger partial charge on any atom is 0.227 e. The smallest absolute Gasteiger partial charge is 0.227 e. The number of anilines is 3. The van der Waals surface area contributed by atoms with Gasteiger partial charge in [0.15, 0.2) is 0 Å². The number of nitrogens with one attached hydrogen (secondary N) is 1. The Morgan fingerprint density at radius 1 is 0.958 bits per heavy atom. The molecule has 1 saturated heterocycles. The Balaban J connectivity index is 1.34. The van der Waals surface area contributed by atoms with Gasteiger partial charge in [-0.15, -0.1) is 0 Å². The molecule has 1 saturated carbocycles. The van der Waals surface area contributed by atoms with Crippen LogP contribution >= 0.6 is 0 Å². The van der Waals surface area contributed by atoms with Crippen molar-refractivity contribution in [3.05, 3.63) is 42.7 Å². The van der Waals surface area contributed by atoms with Crippen LogP contribution in [0.3, 0.4) is 0 Å². The topological polar surface area (TPSA) is 61.4 Å². The van der Waals surface area contributed by atoms with E-state index in [9.17, 15) is 4.79 Å². The van der Waals surface area contributed by atoms with E-state index in [1.54, 1.807) is 6.20 Å². The lowest BCUT2D eigenvalue weighted by Crippen LogP contribution is -2.47. The lowest BCUT2D eigenvalue weighted by atomic mass is 10.3. The molecule has 1 aliphatic carbocycles. The lowest BCUT2D eigenvalue weighted by Gasteiger charge is -2.36.